The average molecular weight is 719 g/mol. The third kappa shape index (κ3) is 9.56. The molecule has 0 amide bonds. The summed E-state index contributed by atoms with van der Waals surface area (Å²) in [7, 11) is 0. The molecule has 2 aliphatic rings. The first-order valence-corrected chi connectivity index (χ1v) is 19.2. The van der Waals surface area contributed by atoms with Crippen LogP contribution in [0.15, 0.2) is 158 Å². The van der Waals surface area contributed by atoms with Crippen LogP contribution in [0.2, 0.25) is 0 Å². The molecule has 6 nitrogen and oxygen atoms in total. The third-order valence-corrected chi connectivity index (χ3v) is 10.3. The Hall–Kier alpha value is -5.88. The van der Waals surface area contributed by atoms with Crippen LogP contribution in [0.25, 0.3) is 0 Å². The molecule has 274 valence electrons. The van der Waals surface area contributed by atoms with Crippen molar-refractivity contribution >= 4 is 0 Å². The van der Waals surface area contributed by atoms with Gasteiger partial charge < -0.3 is 28.4 Å². The van der Waals surface area contributed by atoms with Crippen LogP contribution in [0, 0.1) is 5.41 Å². The molecule has 3 unspecified atom stereocenters. The monoisotopic (exact) mass is 718 g/mol. The Bertz CT molecular complexity index is 2080. The SMILES string of the molecule is c1ccc(Oc2ccc(Oc3cccc(OC4CCCCC5(CCCC(Oc6cccc(Oc7cccc(Oc8ccccc8)c7)c6)C5)C4)c3)cc2)cc1. The fraction of sp³-hybridized carbons (Fsp3) is 0.250. The fourth-order valence-corrected chi connectivity index (χ4v) is 7.87. The lowest BCUT2D eigenvalue weighted by Gasteiger charge is -2.42. The maximum Gasteiger partial charge on any atom is 0.131 e. The molecular weight excluding hydrogens is 673 g/mol. The summed E-state index contributed by atoms with van der Waals surface area (Å²) in [5, 5.41) is 0. The largest absolute Gasteiger partial charge is 0.490 e. The molecule has 6 aromatic carbocycles. The third-order valence-electron chi connectivity index (χ3n) is 10.3. The van der Waals surface area contributed by atoms with E-state index in [-0.39, 0.29) is 17.6 Å². The fourth-order valence-electron chi connectivity index (χ4n) is 7.87. The van der Waals surface area contributed by atoms with Gasteiger partial charge in [0.05, 0.1) is 12.2 Å². The van der Waals surface area contributed by atoms with E-state index in [2.05, 4.69) is 0 Å². The topological polar surface area (TPSA) is 55.4 Å². The van der Waals surface area contributed by atoms with E-state index in [4.69, 9.17) is 28.4 Å². The molecule has 6 heteroatoms. The van der Waals surface area contributed by atoms with Gasteiger partial charge in [-0.15, -0.1) is 0 Å². The first-order valence-electron chi connectivity index (χ1n) is 19.2. The van der Waals surface area contributed by atoms with Crippen LogP contribution in [0.5, 0.6) is 57.5 Å². The highest BCUT2D eigenvalue weighted by Crippen LogP contribution is 2.48. The normalized spacial score (nSPS) is 19.6. The molecule has 2 saturated carbocycles. The van der Waals surface area contributed by atoms with Crippen molar-refractivity contribution in [1.82, 2.24) is 0 Å². The Morgan fingerprint density at radius 3 is 1.19 bits per heavy atom. The zero-order valence-corrected chi connectivity index (χ0v) is 30.5. The van der Waals surface area contributed by atoms with Crippen molar-refractivity contribution in [3.05, 3.63) is 158 Å². The minimum atomic E-state index is 0.147. The van der Waals surface area contributed by atoms with Crippen molar-refractivity contribution < 1.29 is 28.4 Å². The van der Waals surface area contributed by atoms with Gasteiger partial charge in [0.25, 0.3) is 0 Å². The van der Waals surface area contributed by atoms with E-state index in [0.29, 0.717) is 5.75 Å². The number of hydrogen-bond acceptors (Lipinski definition) is 6. The van der Waals surface area contributed by atoms with Crippen molar-refractivity contribution in [2.45, 2.75) is 70.0 Å². The summed E-state index contributed by atoms with van der Waals surface area (Å²) in [6.07, 6.45) is 10.4. The van der Waals surface area contributed by atoms with Crippen molar-refractivity contribution in [3.63, 3.8) is 0 Å². The van der Waals surface area contributed by atoms with Crippen LogP contribution in [-0.2, 0) is 0 Å². The summed E-state index contributed by atoms with van der Waals surface area (Å²) in [4.78, 5) is 0. The Morgan fingerprint density at radius 1 is 0.333 bits per heavy atom. The van der Waals surface area contributed by atoms with E-state index >= 15 is 0 Å². The van der Waals surface area contributed by atoms with Crippen LogP contribution in [-0.4, -0.2) is 12.2 Å². The van der Waals surface area contributed by atoms with Gasteiger partial charge >= 0.3 is 0 Å². The molecule has 0 bridgehead atoms. The van der Waals surface area contributed by atoms with Gasteiger partial charge in [0.15, 0.2) is 0 Å². The van der Waals surface area contributed by atoms with E-state index in [9.17, 15) is 0 Å². The standard InChI is InChI=1S/C48H46O6/c1-3-13-36(14-4-1)49-38-25-27-39(28-26-38)51-41-19-10-22-44(32-41)53-46-17-7-8-29-48(34-46)30-12-24-47(35-48)54-45-23-11-21-43(33-45)52-42-20-9-18-40(31-42)50-37-15-5-2-6-16-37/h1-6,9-11,13-16,18-23,25-28,31-33,46-47H,7-8,12,17,24,29-30,34-35H2. The van der Waals surface area contributed by atoms with Crippen molar-refractivity contribution in [2.24, 2.45) is 5.41 Å². The Balaban J connectivity index is 0.868. The summed E-state index contributed by atoms with van der Waals surface area (Å²) >= 11 is 0. The van der Waals surface area contributed by atoms with Crippen LogP contribution >= 0.6 is 0 Å². The average Bonchev–Trinajstić information content (AvgIpc) is 3.38. The van der Waals surface area contributed by atoms with Gasteiger partial charge in [0.2, 0.25) is 0 Å². The predicted octanol–water partition coefficient (Wildman–Crippen LogP) is 13.6. The smallest absolute Gasteiger partial charge is 0.131 e. The predicted molar refractivity (Wildman–Crippen MR) is 212 cm³/mol. The van der Waals surface area contributed by atoms with E-state index in [1.54, 1.807) is 0 Å². The second-order valence-corrected chi connectivity index (χ2v) is 14.5. The first-order chi connectivity index (χ1) is 26.6. The van der Waals surface area contributed by atoms with E-state index in [0.717, 1.165) is 83.8 Å². The second-order valence-electron chi connectivity index (χ2n) is 14.5. The van der Waals surface area contributed by atoms with Crippen LogP contribution in [0.3, 0.4) is 0 Å². The lowest BCUT2D eigenvalue weighted by molar-refractivity contribution is 0.0277. The molecule has 8 rings (SSSR count). The van der Waals surface area contributed by atoms with Gasteiger partial charge in [-0.2, -0.15) is 0 Å². The summed E-state index contributed by atoms with van der Waals surface area (Å²) in [5.41, 5.74) is 0.203. The number of rotatable bonds is 12. The van der Waals surface area contributed by atoms with Gasteiger partial charge in [-0.25, -0.2) is 0 Å². The number of benzene rings is 6. The summed E-state index contributed by atoms with van der Waals surface area (Å²) in [6.45, 7) is 0. The zero-order valence-electron chi connectivity index (χ0n) is 30.5. The molecule has 0 N–H and O–H groups in total. The molecule has 3 atom stereocenters. The van der Waals surface area contributed by atoms with Gasteiger partial charge in [-0.3, -0.25) is 0 Å². The molecule has 0 saturated heterocycles. The summed E-state index contributed by atoms with van der Waals surface area (Å²) < 4.78 is 37.8. The number of ether oxygens (including phenoxy) is 6. The quantitative estimate of drug-likeness (QED) is 0.126. The second kappa shape index (κ2) is 16.9. The number of hydrogen-bond donors (Lipinski definition) is 0. The highest BCUT2D eigenvalue weighted by Gasteiger charge is 2.40. The van der Waals surface area contributed by atoms with Crippen LogP contribution in [0.1, 0.15) is 57.8 Å². The lowest BCUT2D eigenvalue weighted by Crippen LogP contribution is -2.37. The Labute approximate surface area is 318 Å². The Morgan fingerprint density at radius 2 is 0.685 bits per heavy atom. The van der Waals surface area contributed by atoms with Crippen molar-refractivity contribution in [3.8, 4) is 57.5 Å². The van der Waals surface area contributed by atoms with Gasteiger partial charge in [0.1, 0.15) is 57.5 Å². The lowest BCUT2D eigenvalue weighted by atomic mass is 9.68. The Kier molecular flexibility index (Phi) is 11.0. The molecule has 0 radical (unpaired) electrons. The van der Waals surface area contributed by atoms with E-state index in [1.807, 2.05) is 158 Å². The molecule has 0 heterocycles. The summed E-state index contributed by atoms with van der Waals surface area (Å²) in [6, 6.07) is 50.9. The summed E-state index contributed by atoms with van der Waals surface area (Å²) in [5.74, 6) is 7.69. The minimum Gasteiger partial charge on any atom is -0.490 e. The molecule has 54 heavy (non-hydrogen) atoms. The van der Waals surface area contributed by atoms with Gasteiger partial charge in [0, 0.05) is 18.2 Å². The van der Waals surface area contributed by atoms with Crippen molar-refractivity contribution in [2.75, 3.05) is 0 Å². The van der Waals surface area contributed by atoms with Gasteiger partial charge in [-0.1, -0.05) is 61.0 Å². The van der Waals surface area contributed by atoms with E-state index < -0.39 is 0 Å². The highest BCUT2D eigenvalue weighted by atomic mass is 16.5. The molecule has 1 spiro atoms. The number of para-hydroxylation sites is 2. The van der Waals surface area contributed by atoms with E-state index in [1.165, 1.54) is 25.7 Å². The molecule has 0 aromatic heterocycles. The first kappa shape index (κ1) is 35.2. The van der Waals surface area contributed by atoms with Crippen LogP contribution in [0.4, 0.5) is 0 Å². The molecule has 2 fully saturated rings. The molecule has 0 aliphatic heterocycles. The molecule has 6 aromatic rings. The van der Waals surface area contributed by atoms with Crippen molar-refractivity contribution in [1.29, 1.82) is 0 Å². The maximum absolute atomic E-state index is 6.73. The zero-order chi connectivity index (χ0) is 36.4. The molecular formula is C48H46O6. The van der Waals surface area contributed by atoms with Crippen LogP contribution < -0.4 is 28.4 Å². The van der Waals surface area contributed by atoms with Gasteiger partial charge in [-0.05, 0) is 142 Å². The molecule has 2 aliphatic carbocycles. The minimum absolute atomic E-state index is 0.147. The maximum atomic E-state index is 6.73. The highest BCUT2D eigenvalue weighted by molar-refractivity contribution is 5.42.